The molecule has 0 radical (unpaired) electrons. The number of ether oxygens (including phenoxy) is 3. The number of carbonyl (C=O) groups excluding carboxylic acids is 1. The Morgan fingerprint density at radius 1 is 0.878 bits per heavy atom. The molecule has 2 aliphatic heterocycles. The van der Waals surface area contributed by atoms with Gasteiger partial charge in [-0.1, -0.05) is 73.8 Å². The molecular weight excluding hydrogens is 532 g/mol. The molecule has 2 rings (SSSR count). The second-order valence-corrected chi connectivity index (χ2v) is 10.1. The van der Waals surface area contributed by atoms with E-state index in [0.717, 1.165) is 19.3 Å². The van der Waals surface area contributed by atoms with Gasteiger partial charge in [-0.3, -0.25) is 0 Å². The fourth-order valence-electron chi connectivity index (χ4n) is 4.29. The average Bonchev–Trinajstić information content (AvgIpc) is 2.94. The van der Waals surface area contributed by atoms with E-state index >= 15 is 0 Å². The fraction of sp³-hybridized carbons (Fsp3) is 0.581. The van der Waals surface area contributed by atoms with Gasteiger partial charge in [0.15, 0.2) is 6.29 Å². The van der Waals surface area contributed by atoms with Gasteiger partial charge >= 0.3 is 5.97 Å². The second kappa shape index (κ2) is 19.7. The van der Waals surface area contributed by atoms with Crippen LogP contribution < -0.4 is 0 Å². The molecule has 6 N–H and O–H groups in total. The van der Waals surface area contributed by atoms with E-state index in [1.54, 1.807) is 54.7 Å². The largest absolute Gasteiger partial charge is 0.459 e. The lowest BCUT2D eigenvalue weighted by Gasteiger charge is -2.40. The first-order chi connectivity index (χ1) is 19.7. The lowest BCUT2D eigenvalue weighted by molar-refractivity contribution is -0.307. The van der Waals surface area contributed by atoms with Crippen molar-refractivity contribution in [2.24, 2.45) is 0 Å². The number of cyclic esters (lactones) is 1. The van der Waals surface area contributed by atoms with Crippen LogP contribution in [0.3, 0.4) is 0 Å². The molecule has 0 spiro atoms. The minimum absolute atomic E-state index is 0.184. The minimum atomic E-state index is -1.57. The Labute approximate surface area is 242 Å². The van der Waals surface area contributed by atoms with Crippen LogP contribution in [0.2, 0.25) is 0 Å². The first-order valence-electron chi connectivity index (χ1n) is 14.3. The van der Waals surface area contributed by atoms with Gasteiger partial charge in [-0.25, -0.2) is 4.79 Å². The van der Waals surface area contributed by atoms with E-state index in [4.69, 9.17) is 14.2 Å². The van der Waals surface area contributed by atoms with E-state index in [1.165, 1.54) is 6.08 Å². The smallest absolute Gasteiger partial charge is 0.331 e. The molecule has 0 saturated carbocycles. The van der Waals surface area contributed by atoms with Gasteiger partial charge in [0, 0.05) is 12.5 Å². The Balaban J connectivity index is 2.14. The van der Waals surface area contributed by atoms with Gasteiger partial charge < -0.3 is 44.8 Å². The van der Waals surface area contributed by atoms with Gasteiger partial charge in [0.25, 0.3) is 0 Å². The summed E-state index contributed by atoms with van der Waals surface area (Å²) >= 11 is 0. The molecule has 2 heterocycles. The van der Waals surface area contributed by atoms with Gasteiger partial charge in [-0.15, -0.1) is 0 Å². The van der Waals surface area contributed by atoms with Crippen molar-refractivity contribution in [2.45, 2.75) is 107 Å². The molecule has 0 bridgehead atoms. The van der Waals surface area contributed by atoms with Crippen LogP contribution in [0.25, 0.3) is 0 Å². The Hall–Kier alpha value is -2.41. The van der Waals surface area contributed by atoms with E-state index in [2.05, 4.69) is 0 Å². The summed E-state index contributed by atoms with van der Waals surface area (Å²) in [7, 11) is 0. The molecule has 9 atom stereocenters. The van der Waals surface area contributed by atoms with Crippen LogP contribution >= 0.6 is 0 Å². The third kappa shape index (κ3) is 13.4. The first-order valence-corrected chi connectivity index (χ1v) is 14.3. The van der Waals surface area contributed by atoms with E-state index in [1.807, 2.05) is 19.1 Å². The fourth-order valence-corrected chi connectivity index (χ4v) is 4.29. The van der Waals surface area contributed by atoms with Crippen molar-refractivity contribution in [3.63, 3.8) is 0 Å². The van der Waals surface area contributed by atoms with Gasteiger partial charge in [0.05, 0.1) is 24.9 Å². The van der Waals surface area contributed by atoms with Crippen molar-refractivity contribution in [1.82, 2.24) is 0 Å². The number of esters is 1. The number of aliphatic hydroxyl groups is 6. The highest BCUT2D eigenvalue weighted by atomic mass is 16.7. The van der Waals surface area contributed by atoms with Crippen LogP contribution in [0.5, 0.6) is 0 Å². The van der Waals surface area contributed by atoms with Crippen LogP contribution in [0.15, 0.2) is 72.9 Å². The van der Waals surface area contributed by atoms with Gasteiger partial charge in [-0.05, 0) is 38.5 Å². The van der Waals surface area contributed by atoms with Gasteiger partial charge in [0.1, 0.15) is 30.5 Å². The second-order valence-electron chi connectivity index (χ2n) is 10.1. The summed E-state index contributed by atoms with van der Waals surface area (Å²) in [5.41, 5.74) is 0. The van der Waals surface area contributed by atoms with Crippen LogP contribution in [0.4, 0.5) is 0 Å². The highest BCUT2D eigenvalue weighted by molar-refractivity contribution is 5.82. The predicted octanol–water partition coefficient (Wildman–Crippen LogP) is 1.91. The lowest BCUT2D eigenvalue weighted by atomic mass is 9.99. The minimum Gasteiger partial charge on any atom is -0.459 e. The summed E-state index contributed by atoms with van der Waals surface area (Å²) in [6.07, 6.45) is 14.8. The summed E-state index contributed by atoms with van der Waals surface area (Å²) < 4.78 is 16.9. The molecule has 3 unspecified atom stereocenters. The summed E-state index contributed by atoms with van der Waals surface area (Å²) in [5.74, 6) is -0.440. The molecule has 2 aliphatic rings. The normalized spacial score (nSPS) is 39.1. The zero-order valence-corrected chi connectivity index (χ0v) is 23.6. The number of carbonyl (C=O) groups is 1. The van der Waals surface area contributed by atoms with Gasteiger partial charge in [0.2, 0.25) is 0 Å². The number of aliphatic hydroxyl groups excluding tert-OH is 6. The number of allylic oxidation sites excluding steroid dienone is 7. The Kier molecular flexibility index (Phi) is 16.7. The molecule has 1 fully saturated rings. The van der Waals surface area contributed by atoms with Crippen molar-refractivity contribution >= 4 is 5.97 Å². The summed E-state index contributed by atoms with van der Waals surface area (Å²) in [6.45, 7) is 1.39. The third-order valence-electron chi connectivity index (χ3n) is 6.72. The maximum atomic E-state index is 12.2. The zero-order chi connectivity index (χ0) is 30.0. The lowest BCUT2D eigenvalue weighted by Crippen LogP contribution is -2.59. The molecule has 0 aromatic carbocycles. The Morgan fingerprint density at radius 3 is 2.34 bits per heavy atom. The van der Waals surface area contributed by atoms with Crippen LogP contribution in [0, 0.1) is 0 Å². The topological polar surface area (TPSA) is 166 Å². The van der Waals surface area contributed by atoms with E-state index in [9.17, 15) is 35.4 Å². The average molecular weight is 579 g/mol. The quantitative estimate of drug-likeness (QED) is 0.271. The number of hydrogen-bond acceptors (Lipinski definition) is 10. The molecule has 10 heteroatoms. The van der Waals surface area contributed by atoms with E-state index in [0.29, 0.717) is 19.3 Å². The SMILES string of the molecule is CC[C@@H]1CCC/C=C/C=C/[C@H](O)C[C@@H](O)C/C=C\C=C\[C@@H](O[C@@H]2OC(CO)[C@@H](O)C(O)C2O)C/C=C/C=CC(=O)O1. The standard InChI is InChI=1S/C31H46O10/c1-2-24-16-10-5-3-4-8-14-22(33)20-23(34)15-9-6-11-17-25(18-12-7-13-19-27(35)39-24)40-31-30(38)29(37)28(36)26(21-32)41-31/h3-4,6-9,11-14,17,19,22-26,28-34,36-38H,2,5,10,15-16,18,20-21H2,1H3/b4-3+,9-6-,12-7+,14-8+,17-11+,19-13?/t22-,23-,24+,25+,26?,28+,29?,30?,31+/m0/s1. The molecule has 0 amide bonds. The van der Waals surface area contributed by atoms with Crippen LogP contribution in [-0.2, 0) is 19.0 Å². The van der Waals surface area contributed by atoms with Crippen LogP contribution in [-0.4, -0.2) is 98.3 Å². The third-order valence-corrected chi connectivity index (χ3v) is 6.72. The van der Waals surface area contributed by atoms with Crippen molar-refractivity contribution in [3.05, 3.63) is 72.9 Å². The molecule has 230 valence electrons. The maximum absolute atomic E-state index is 12.2. The number of rotatable bonds is 4. The predicted molar refractivity (Wildman–Crippen MR) is 153 cm³/mol. The van der Waals surface area contributed by atoms with Crippen molar-refractivity contribution in [3.8, 4) is 0 Å². The molecule has 10 nitrogen and oxygen atoms in total. The summed E-state index contributed by atoms with van der Waals surface area (Å²) in [6, 6.07) is 0. The van der Waals surface area contributed by atoms with Crippen LogP contribution in [0.1, 0.15) is 51.9 Å². The maximum Gasteiger partial charge on any atom is 0.331 e. The molecular formula is C31H46O10. The monoisotopic (exact) mass is 578 g/mol. The highest BCUT2D eigenvalue weighted by Gasteiger charge is 2.44. The van der Waals surface area contributed by atoms with E-state index < -0.39 is 61.6 Å². The molecule has 41 heavy (non-hydrogen) atoms. The van der Waals surface area contributed by atoms with Gasteiger partial charge in [-0.2, -0.15) is 0 Å². The molecule has 1 saturated heterocycles. The Morgan fingerprint density at radius 2 is 1.59 bits per heavy atom. The van der Waals surface area contributed by atoms with Crippen molar-refractivity contribution in [2.75, 3.05) is 6.61 Å². The first kappa shape index (κ1) is 34.8. The molecule has 0 aromatic rings. The van der Waals surface area contributed by atoms with E-state index in [-0.39, 0.29) is 12.5 Å². The van der Waals surface area contributed by atoms with Crippen molar-refractivity contribution < 1.29 is 49.6 Å². The summed E-state index contributed by atoms with van der Waals surface area (Å²) in [4.78, 5) is 12.2. The molecule has 0 aromatic heterocycles. The zero-order valence-electron chi connectivity index (χ0n) is 23.6. The molecule has 0 aliphatic carbocycles. The highest BCUT2D eigenvalue weighted by Crippen LogP contribution is 2.24. The summed E-state index contributed by atoms with van der Waals surface area (Å²) in [5, 5.41) is 60.3. The number of hydrogen-bond donors (Lipinski definition) is 6. The van der Waals surface area contributed by atoms with Crippen molar-refractivity contribution in [1.29, 1.82) is 0 Å². The Bertz CT molecular complexity index is 922.